The quantitative estimate of drug-likeness (QED) is 0.651. The third-order valence-corrected chi connectivity index (χ3v) is 3.33. The van der Waals surface area contributed by atoms with E-state index in [1.165, 1.54) is 38.5 Å². The van der Waals surface area contributed by atoms with Crippen molar-refractivity contribution >= 4 is 15.9 Å². The monoisotopic (exact) mass is 248 g/mol. The van der Waals surface area contributed by atoms with E-state index < -0.39 is 0 Å². The molecule has 0 amide bonds. The van der Waals surface area contributed by atoms with Gasteiger partial charge < -0.3 is 4.74 Å². The van der Waals surface area contributed by atoms with Crippen molar-refractivity contribution < 1.29 is 4.74 Å². The van der Waals surface area contributed by atoms with Gasteiger partial charge in [-0.1, -0.05) is 35.7 Å². The van der Waals surface area contributed by atoms with E-state index in [1.54, 1.807) is 0 Å². The van der Waals surface area contributed by atoms with Crippen molar-refractivity contribution in [1.82, 2.24) is 0 Å². The Morgan fingerprint density at radius 3 is 2.62 bits per heavy atom. The van der Waals surface area contributed by atoms with E-state index in [4.69, 9.17) is 4.74 Å². The molecule has 2 heteroatoms. The van der Waals surface area contributed by atoms with E-state index in [1.807, 2.05) is 0 Å². The number of rotatable bonds is 6. The molecule has 0 aromatic carbocycles. The van der Waals surface area contributed by atoms with Gasteiger partial charge in [0.1, 0.15) is 0 Å². The molecule has 1 rings (SSSR count). The molecule has 0 bridgehead atoms. The molecule has 0 saturated heterocycles. The molecule has 0 N–H and O–H groups in total. The lowest BCUT2D eigenvalue weighted by Crippen LogP contribution is -2.10. The molecular formula is C11H21BrO. The van der Waals surface area contributed by atoms with Crippen LogP contribution < -0.4 is 0 Å². The fraction of sp³-hybridized carbons (Fsp3) is 1.00. The molecule has 0 heterocycles. The van der Waals surface area contributed by atoms with Crippen LogP contribution in [0, 0.1) is 5.92 Å². The lowest BCUT2D eigenvalue weighted by Gasteiger charge is -2.13. The molecule has 0 spiro atoms. The minimum atomic E-state index is 0.594. The Labute approximate surface area is 90.4 Å². The fourth-order valence-electron chi connectivity index (χ4n) is 1.82. The number of alkyl halides is 1. The van der Waals surface area contributed by atoms with Crippen LogP contribution in [0.1, 0.15) is 45.4 Å². The van der Waals surface area contributed by atoms with Crippen LogP contribution in [0.3, 0.4) is 0 Å². The highest BCUT2D eigenvalue weighted by Gasteiger charge is 2.15. The van der Waals surface area contributed by atoms with Gasteiger partial charge in [0, 0.05) is 11.9 Å². The topological polar surface area (TPSA) is 9.23 Å². The van der Waals surface area contributed by atoms with Crippen LogP contribution in [0.5, 0.6) is 0 Å². The maximum Gasteiger partial charge on any atom is 0.0575 e. The Balaban J connectivity index is 1.93. The van der Waals surface area contributed by atoms with Crippen LogP contribution in [-0.4, -0.2) is 18.0 Å². The van der Waals surface area contributed by atoms with Crippen molar-refractivity contribution in [3.8, 4) is 0 Å². The predicted octanol–water partition coefficient (Wildman–Crippen LogP) is 3.76. The average molecular weight is 249 g/mol. The van der Waals surface area contributed by atoms with Crippen molar-refractivity contribution in [2.45, 2.75) is 51.6 Å². The van der Waals surface area contributed by atoms with Crippen LogP contribution in [0.15, 0.2) is 0 Å². The second-order valence-corrected chi connectivity index (χ2v) is 4.94. The number of hydrogen-bond acceptors (Lipinski definition) is 1. The van der Waals surface area contributed by atoms with Crippen molar-refractivity contribution in [3.05, 3.63) is 0 Å². The lowest BCUT2D eigenvalue weighted by molar-refractivity contribution is 0.0503. The van der Waals surface area contributed by atoms with Crippen molar-refractivity contribution in [2.24, 2.45) is 5.92 Å². The summed E-state index contributed by atoms with van der Waals surface area (Å²) in [4.78, 5) is 0. The average Bonchev–Trinajstić information content (AvgIpc) is 2.57. The lowest BCUT2D eigenvalue weighted by atomic mass is 10.1. The molecular weight excluding hydrogens is 228 g/mol. The number of halogens is 1. The van der Waals surface area contributed by atoms with E-state index >= 15 is 0 Å². The first-order valence-corrected chi connectivity index (χ1v) is 6.62. The molecule has 78 valence electrons. The summed E-state index contributed by atoms with van der Waals surface area (Å²) in [6.45, 7) is 3.28. The van der Waals surface area contributed by atoms with Crippen LogP contribution in [-0.2, 0) is 4.74 Å². The Morgan fingerprint density at radius 2 is 2.00 bits per heavy atom. The zero-order valence-electron chi connectivity index (χ0n) is 8.60. The molecule has 1 fully saturated rings. The molecule has 0 aromatic heterocycles. The SMILES string of the molecule is CC(CCBr)CCOC1CCCC1. The van der Waals surface area contributed by atoms with Gasteiger partial charge in [0.2, 0.25) is 0 Å². The zero-order chi connectivity index (χ0) is 9.52. The molecule has 1 saturated carbocycles. The molecule has 1 nitrogen and oxygen atoms in total. The van der Waals surface area contributed by atoms with Crippen molar-refractivity contribution in [3.63, 3.8) is 0 Å². The van der Waals surface area contributed by atoms with E-state index in [9.17, 15) is 0 Å². The smallest absolute Gasteiger partial charge is 0.0575 e. The van der Waals surface area contributed by atoms with Gasteiger partial charge >= 0.3 is 0 Å². The summed E-state index contributed by atoms with van der Waals surface area (Å²) in [7, 11) is 0. The van der Waals surface area contributed by atoms with Crippen LogP contribution in [0.25, 0.3) is 0 Å². The van der Waals surface area contributed by atoms with Gasteiger partial charge in [0.25, 0.3) is 0 Å². The van der Waals surface area contributed by atoms with Gasteiger partial charge in [-0.15, -0.1) is 0 Å². The van der Waals surface area contributed by atoms with Gasteiger partial charge in [0.15, 0.2) is 0 Å². The Morgan fingerprint density at radius 1 is 1.31 bits per heavy atom. The minimum Gasteiger partial charge on any atom is -0.378 e. The maximum absolute atomic E-state index is 5.80. The first-order chi connectivity index (χ1) is 6.33. The Hall–Kier alpha value is 0.440. The molecule has 1 unspecified atom stereocenters. The van der Waals surface area contributed by atoms with Crippen LogP contribution in [0.2, 0.25) is 0 Å². The molecule has 1 atom stereocenters. The Bertz CT molecular complexity index is 121. The summed E-state index contributed by atoms with van der Waals surface area (Å²) in [5, 5.41) is 1.12. The summed E-state index contributed by atoms with van der Waals surface area (Å²) in [6, 6.07) is 0. The largest absolute Gasteiger partial charge is 0.378 e. The summed E-state index contributed by atoms with van der Waals surface area (Å²) in [5.74, 6) is 0.806. The van der Waals surface area contributed by atoms with Gasteiger partial charge in [-0.05, 0) is 31.6 Å². The predicted molar refractivity (Wildman–Crippen MR) is 60.4 cm³/mol. The van der Waals surface area contributed by atoms with Crippen LogP contribution >= 0.6 is 15.9 Å². The molecule has 1 aliphatic carbocycles. The van der Waals surface area contributed by atoms with E-state index in [2.05, 4.69) is 22.9 Å². The summed E-state index contributed by atoms with van der Waals surface area (Å²) >= 11 is 3.47. The van der Waals surface area contributed by atoms with Gasteiger partial charge in [-0.2, -0.15) is 0 Å². The third kappa shape index (κ3) is 5.02. The number of hydrogen-bond donors (Lipinski definition) is 0. The van der Waals surface area contributed by atoms with E-state index in [0.717, 1.165) is 17.9 Å². The normalized spacial score (nSPS) is 20.8. The summed E-state index contributed by atoms with van der Waals surface area (Å²) in [5.41, 5.74) is 0. The van der Waals surface area contributed by atoms with Crippen molar-refractivity contribution in [1.29, 1.82) is 0 Å². The highest BCUT2D eigenvalue weighted by molar-refractivity contribution is 9.09. The zero-order valence-corrected chi connectivity index (χ0v) is 10.2. The molecule has 0 radical (unpaired) electrons. The molecule has 1 aliphatic rings. The molecule has 13 heavy (non-hydrogen) atoms. The Kier molecular flexibility index (Phi) is 6.05. The molecule has 0 aromatic rings. The second-order valence-electron chi connectivity index (χ2n) is 4.15. The van der Waals surface area contributed by atoms with E-state index in [0.29, 0.717) is 6.10 Å². The van der Waals surface area contributed by atoms with E-state index in [-0.39, 0.29) is 0 Å². The second kappa shape index (κ2) is 6.83. The van der Waals surface area contributed by atoms with Crippen molar-refractivity contribution in [2.75, 3.05) is 11.9 Å². The fourth-order valence-corrected chi connectivity index (χ4v) is 2.60. The highest BCUT2D eigenvalue weighted by Crippen LogP contribution is 2.21. The molecule has 0 aliphatic heterocycles. The van der Waals surface area contributed by atoms with Gasteiger partial charge in [-0.25, -0.2) is 0 Å². The first-order valence-electron chi connectivity index (χ1n) is 5.50. The summed E-state index contributed by atoms with van der Waals surface area (Å²) < 4.78 is 5.80. The minimum absolute atomic E-state index is 0.594. The standard InChI is InChI=1S/C11H21BrO/c1-10(6-8-12)7-9-13-11-4-2-3-5-11/h10-11H,2-9H2,1H3. The number of ether oxygens (including phenoxy) is 1. The summed E-state index contributed by atoms with van der Waals surface area (Å²) in [6.07, 6.45) is 8.44. The first kappa shape index (κ1) is 11.5. The van der Waals surface area contributed by atoms with Gasteiger partial charge in [0.05, 0.1) is 6.10 Å². The van der Waals surface area contributed by atoms with Crippen LogP contribution in [0.4, 0.5) is 0 Å². The maximum atomic E-state index is 5.80. The van der Waals surface area contributed by atoms with Gasteiger partial charge in [-0.3, -0.25) is 0 Å². The highest BCUT2D eigenvalue weighted by atomic mass is 79.9. The third-order valence-electron chi connectivity index (χ3n) is 2.87.